The summed E-state index contributed by atoms with van der Waals surface area (Å²) in [4.78, 5) is 12.8. The van der Waals surface area contributed by atoms with Crippen molar-refractivity contribution in [3.8, 4) is 11.4 Å². The lowest BCUT2D eigenvalue weighted by Crippen LogP contribution is -1.87. The van der Waals surface area contributed by atoms with Crippen LogP contribution in [-0.4, -0.2) is 26.0 Å². The lowest BCUT2D eigenvalue weighted by Gasteiger charge is -1.97. The number of halogens is 1. The lowest BCUT2D eigenvalue weighted by molar-refractivity contribution is 0.378. The van der Waals surface area contributed by atoms with Crippen LogP contribution in [0, 0.1) is 0 Å². The van der Waals surface area contributed by atoms with Crippen LogP contribution < -0.4 is 0 Å². The molecule has 2 heterocycles. The average molecular weight is 275 g/mol. The highest BCUT2D eigenvalue weighted by Crippen LogP contribution is 2.20. The number of hydrogen-bond donors (Lipinski definition) is 0. The van der Waals surface area contributed by atoms with Crippen molar-refractivity contribution in [3.05, 3.63) is 36.5 Å². The van der Waals surface area contributed by atoms with Gasteiger partial charge in [-0.25, -0.2) is 0 Å². The molecular formula is C13H11ClN4O. The Morgan fingerprint density at radius 2 is 1.95 bits per heavy atom. The van der Waals surface area contributed by atoms with E-state index in [9.17, 15) is 0 Å². The molecule has 0 aliphatic carbocycles. The van der Waals surface area contributed by atoms with Gasteiger partial charge in [0.25, 0.3) is 0 Å². The molecule has 0 amide bonds. The Morgan fingerprint density at radius 1 is 1.11 bits per heavy atom. The van der Waals surface area contributed by atoms with Crippen molar-refractivity contribution >= 4 is 22.6 Å². The van der Waals surface area contributed by atoms with Gasteiger partial charge in [0.15, 0.2) is 0 Å². The van der Waals surface area contributed by atoms with E-state index in [1.165, 1.54) is 0 Å². The Hall–Kier alpha value is -2.01. The quantitative estimate of drug-likeness (QED) is 0.685. The second-order valence-electron chi connectivity index (χ2n) is 4.06. The first-order valence-corrected chi connectivity index (χ1v) is 6.50. The number of fused-ring (bicyclic) bond motifs is 1. The summed E-state index contributed by atoms with van der Waals surface area (Å²) in [6.07, 6.45) is 4.85. The van der Waals surface area contributed by atoms with Crippen molar-refractivity contribution in [1.29, 1.82) is 0 Å². The van der Waals surface area contributed by atoms with E-state index in [2.05, 4.69) is 20.1 Å². The summed E-state index contributed by atoms with van der Waals surface area (Å²) < 4.78 is 5.18. The van der Waals surface area contributed by atoms with Gasteiger partial charge in [-0.3, -0.25) is 9.97 Å². The predicted octanol–water partition coefficient (Wildman–Crippen LogP) is 2.85. The van der Waals surface area contributed by atoms with Crippen molar-refractivity contribution in [2.45, 2.75) is 12.8 Å². The predicted molar refractivity (Wildman–Crippen MR) is 71.9 cm³/mol. The van der Waals surface area contributed by atoms with E-state index in [1.807, 2.05) is 18.2 Å². The van der Waals surface area contributed by atoms with Gasteiger partial charge in [-0.2, -0.15) is 4.98 Å². The first-order valence-electron chi connectivity index (χ1n) is 5.96. The SMILES string of the molecule is ClCCCc1nc(-c2ccc3nccnc3c2)no1. The maximum atomic E-state index is 5.64. The molecule has 0 radical (unpaired) electrons. The molecule has 0 N–H and O–H groups in total. The molecule has 19 heavy (non-hydrogen) atoms. The van der Waals surface area contributed by atoms with Gasteiger partial charge in [0, 0.05) is 30.3 Å². The number of hydrogen-bond acceptors (Lipinski definition) is 5. The zero-order chi connectivity index (χ0) is 13.1. The monoisotopic (exact) mass is 274 g/mol. The average Bonchev–Trinajstić information content (AvgIpc) is 2.93. The molecule has 0 fully saturated rings. The highest BCUT2D eigenvalue weighted by atomic mass is 35.5. The van der Waals surface area contributed by atoms with Gasteiger partial charge in [-0.15, -0.1) is 11.6 Å². The van der Waals surface area contributed by atoms with Crippen LogP contribution in [-0.2, 0) is 6.42 Å². The highest BCUT2D eigenvalue weighted by molar-refractivity contribution is 6.17. The van der Waals surface area contributed by atoms with Gasteiger partial charge in [-0.1, -0.05) is 5.16 Å². The number of benzene rings is 1. The molecule has 3 rings (SSSR count). The van der Waals surface area contributed by atoms with E-state index in [4.69, 9.17) is 16.1 Å². The molecular weight excluding hydrogens is 264 g/mol. The Bertz CT molecular complexity index is 698. The number of alkyl halides is 1. The number of aryl methyl sites for hydroxylation is 1. The molecule has 0 saturated carbocycles. The zero-order valence-electron chi connectivity index (χ0n) is 10.1. The van der Waals surface area contributed by atoms with E-state index in [1.54, 1.807) is 12.4 Å². The van der Waals surface area contributed by atoms with Crippen LogP contribution in [0.2, 0.25) is 0 Å². The second-order valence-corrected chi connectivity index (χ2v) is 4.44. The Morgan fingerprint density at radius 3 is 2.79 bits per heavy atom. The fourth-order valence-electron chi connectivity index (χ4n) is 1.79. The lowest BCUT2D eigenvalue weighted by atomic mass is 10.2. The van der Waals surface area contributed by atoms with Crippen LogP contribution in [0.15, 0.2) is 35.1 Å². The Kier molecular flexibility index (Phi) is 3.37. The number of rotatable bonds is 4. The molecule has 0 atom stereocenters. The van der Waals surface area contributed by atoms with Gasteiger partial charge in [0.05, 0.1) is 11.0 Å². The summed E-state index contributed by atoms with van der Waals surface area (Å²) in [5, 5.41) is 3.97. The summed E-state index contributed by atoms with van der Waals surface area (Å²) in [7, 11) is 0. The van der Waals surface area contributed by atoms with Crippen LogP contribution >= 0.6 is 11.6 Å². The van der Waals surface area contributed by atoms with E-state index in [-0.39, 0.29) is 0 Å². The fourth-order valence-corrected chi connectivity index (χ4v) is 1.93. The third-order valence-electron chi connectivity index (χ3n) is 2.72. The normalized spacial score (nSPS) is 11.0. The first kappa shape index (κ1) is 12.0. The molecule has 96 valence electrons. The summed E-state index contributed by atoms with van der Waals surface area (Å²) >= 11 is 5.64. The topological polar surface area (TPSA) is 64.7 Å². The molecule has 2 aromatic heterocycles. The van der Waals surface area contributed by atoms with E-state index >= 15 is 0 Å². The molecule has 3 aromatic rings. The largest absolute Gasteiger partial charge is 0.339 e. The maximum absolute atomic E-state index is 5.64. The molecule has 1 aromatic carbocycles. The van der Waals surface area contributed by atoms with Crippen molar-refractivity contribution < 1.29 is 4.52 Å². The zero-order valence-corrected chi connectivity index (χ0v) is 10.8. The molecule has 0 saturated heterocycles. The minimum Gasteiger partial charge on any atom is -0.339 e. The van der Waals surface area contributed by atoms with E-state index in [0.717, 1.165) is 23.0 Å². The van der Waals surface area contributed by atoms with Gasteiger partial charge in [-0.05, 0) is 24.6 Å². The van der Waals surface area contributed by atoms with Gasteiger partial charge >= 0.3 is 0 Å². The third-order valence-corrected chi connectivity index (χ3v) is 2.99. The molecule has 0 bridgehead atoms. The van der Waals surface area contributed by atoms with Gasteiger partial charge in [0.1, 0.15) is 0 Å². The Labute approximate surface area is 114 Å². The fraction of sp³-hybridized carbons (Fsp3) is 0.231. The minimum absolute atomic E-state index is 0.567. The van der Waals surface area contributed by atoms with E-state index < -0.39 is 0 Å². The third kappa shape index (κ3) is 2.56. The van der Waals surface area contributed by atoms with Crippen molar-refractivity contribution in [3.63, 3.8) is 0 Å². The number of aromatic nitrogens is 4. The standard InChI is InChI=1S/C13H11ClN4O/c14-5-1-2-12-17-13(18-19-12)9-3-4-10-11(8-9)16-7-6-15-10/h3-4,6-8H,1-2,5H2. The summed E-state index contributed by atoms with van der Waals surface area (Å²) in [5.41, 5.74) is 2.53. The summed E-state index contributed by atoms with van der Waals surface area (Å²) in [5.74, 6) is 1.76. The minimum atomic E-state index is 0.567. The summed E-state index contributed by atoms with van der Waals surface area (Å²) in [6, 6.07) is 5.71. The van der Waals surface area contributed by atoms with Crippen LogP contribution in [0.25, 0.3) is 22.4 Å². The van der Waals surface area contributed by atoms with Crippen LogP contribution in [0.3, 0.4) is 0 Å². The molecule has 0 spiro atoms. The number of nitrogens with zero attached hydrogens (tertiary/aromatic N) is 4. The van der Waals surface area contributed by atoms with Crippen molar-refractivity contribution in [2.24, 2.45) is 0 Å². The van der Waals surface area contributed by atoms with Crippen molar-refractivity contribution in [2.75, 3.05) is 5.88 Å². The maximum Gasteiger partial charge on any atom is 0.227 e. The summed E-state index contributed by atoms with van der Waals surface area (Å²) in [6.45, 7) is 0. The molecule has 6 heteroatoms. The van der Waals surface area contributed by atoms with E-state index in [0.29, 0.717) is 24.0 Å². The van der Waals surface area contributed by atoms with Crippen LogP contribution in [0.1, 0.15) is 12.3 Å². The van der Waals surface area contributed by atoms with Gasteiger partial charge < -0.3 is 4.52 Å². The van der Waals surface area contributed by atoms with Gasteiger partial charge in [0.2, 0.25) is 11.7 Å². The molecule has 5 nitrogen and oxygen atoms in total. The smallest absolute Gasteiger partial charge is 0.227 e. The highest BCUT2D eigenvalue weighted by Gasteiger charge is 2.09. The molecule has 0 unspecified atom stereocenters. The van der Waals surface area contributed by atoms with Crippen LogP contribution in [0.5, 0.6) is 0 Å². The van der Waals surface area contributed by atoms with Crippen molar-refractivity contribution in [1.82, 2.24) is 20.1 Å². The molecule has 0 aliphatic heterocycles. The Balaban J connectivity index is 1.92. The van der Waals surface area contributed by atoms with Crippen LogP contribution in [0.4, 0.5) is 0 Å². The molecule has 0 aliphatic rings. The first-order chi connectivity index (χ1) is 9.36. The second kappa shape index (κ2) is 5.32.